The Balaban J connectivity index is 1.89. The zero-order valence-corrected chi connectivity index (χ0v) is 18.9. The van der Waals surface area contributed by atoms with Crippen molar-refractivity contribution in [3.05, 3.63) is 86.1 Å². The standard InChI is InChI=1S/C23H19F3N4O6/c1-35-13-8-9-14(15(10-13)36-2)18(31)29-22(23(24,25)26)16-17(27-20(22)33)30(21(34)28-19(16)32)11-12-6-4-3-5-7-12/h3-10H,11H2,1-2H3,(H,27,33)(H,29,31)(H,28,32,34)/t22-/m0/s1. The Morgan fingerprint density at radius 3 is 2.36 bits per heavy atom. The van der Waals surface area contributed by atoms with Gasteiger partial charge < -0.3 is 20.1 Å². The van der Waals surface area contributed by atoms with Gasteiger partial charge in [0.05, 0.1) is 26.3 Å². The van der Waals surface area contributed by atoms with Crippen LogP contribution in [0.3, 0.4) is 0 Å². The average Bonchev–Trinajstić information content (AvgIpc) is 3.15. The van der Waals surface area contributed by atoms with Crippen molar-refractivity contribution < 1.29 is 32.2 Å². The molecule has 2 heterocycles. The van der Waals surface area contributed by atoms with E-state index < -0.39 is 46.2 Å². The number of halogens is 3. The maximum atomic E-state index is 14.6. The second-order valence-corrected chi connectivity index (χ2v) is 7.78. The number of carbonyl (C=O) groups is 2. The zero-order valence-electron chi connectivity index (χ0n) is 18.9. The Morgan fingerprint density at radius 1 is 1.06 bits per heavy atom. The smallest absolute Gasteiger partial charge is 0.425 e. The highest BCUT2D eigenvalue weighted by molar-refractivity contribution is 6.09. The Morgan fingerprint density at radius 2 is 1.75 bits per heavy atom. The van der Waals surface area contributed by atoms with Crippen molar-refractivity contribution in [3.8, 4) is 11.5 Å². The van der Waals surface area contributed by atoms with Gasteiger partial charge in [-0.3, -0.25) is 23.9 Å². The van der Waals surface area contributed by atoms with E-state index in [1.54, 1.807) is 35.6 Å². The van der Waals surface area contributed by atoms with E-state index >= 15 is 0 Å². The lowest BCUT2D eigenvalue weighted by atomic mass is 9.91. The first-order chi connectivity index (χ1) is 17.0. The summed E-state index contributed by atoms with van der Waals surface area (Å²) in [5.74, 6) is -3.64. The molecule has 0 unspecified atom stereocenters. The van der Waals surface area contributed by atoms with Gasteiger partial charge in [0.15, 0.2) is 0 Å². The van der Waals surface area contributed by atoms with Gasteiger partial charge >= 0.3 is 11.9 Å². The summed E-state index contributed by atoms with van der Waals surface area (Å²) in [5.41, 5.74) is -7.29. The highest BCUT2D eigenvalue weighted by Gasteiger charge is 2.68. The minimum absolute atomic E-state index is 0.134. The molecule has 13 heteroatoms. The first kappa shape index (κ1) is 24.6. The summed E-state index contributed by atoms with van der Waals surface area (Å²) in [6.07, 6.45) is -5.47. The summed E-state index contributed by atoms with van der Waals surface area (Å²) in [5, 5.41) is 3.67. The number of benzene rings is 2. The summed E-state index contributed by atoms with van der Waals surface area (Å²) in [4.78, 5) is 53.0. The van der Waals surface area contributed by atoms with Crippen LogP contribution in [0.2, 0.25) is 0 Å². The zero-order chi connectivity index (χ0) is 26.3. The SMILES string of the molecule is COc1ccc(C(=O)N[C@]2(C(F)(F)F)C(=O)Nc3c2c(=O)[nH]c(=O)n3Cc2ccccc2)c(OC)c1. The van der Waals surface area contributed by atoms with Crippen molar-refractivity contribution in [1.29, 1.82) is 0 Å². The Bertz CT molecular complexity index is 1470. The van der Waals surface area contributed by atoms with Crippen molar-refractivity contribution in [2.45, 2.75) is 18.3 Å². The molecule has 0 saturated carbocycles. The van der Waals surface area contributed by atoms with Gasteiger partial charge in [-0.1, -0.05) is 30.3 Å². The van der Waals surface area contributed by atoms with Crippen molar-refractivity contribution in [2.24, 2.45) is 0 Å². The fourth-order valence-corrected chi connectivity index (χ4v) is 3.97. The molecule has 0 radical (unpaired) electrons. The fourth-order valence-electron chi connectivity index (χ4n) is 3.97. The highest BCUT2D eigenvalue weighted by atomic mass is 19.4. The number of nitrogens with one attached hydrogen (secondary N) is 3. The summed E-state index contributed by atoms with van der Waals surface area (Å²) in [6.45, 7) is -0.257. The van der Waals surface area contributed by atoms with Crippen LogP contribution in [0.1, 0.15) is 21.5 Å². The number of aromatic nitrogens is 2. The monoisotopic (exact) mass is 504 g/mol. The molecule has 2 aromatic carbocycles. The van der Waals surface area contributed by atoms with Crippen molar-refractivity contribution >= 4 is 17.6 Å². The normalized spacial score (nSPS) is 16.8. The molecule has 0 bridgehead atoms. The van der Waals surface area contributed by atoms with E-state index in [4.69, 9.17) is 9.47 Å². The van der Waals surface area contributed by atoms with Crippen molar-refractivity contribution in [2.75, 3.05) is 19.5 Å². The molecular weight excluding hydrogens is 485 g/mol. The lowest BCUT2D eigenvalue weighted by Gasteiger charge is -2.30. The maximum Gasteiger partial charge on any atom is 0.425 e. The van der Waals surface area contributed by atoms with E-state index in [1.807, 2.05) is 10.3 Å². The first-order valence-corrected chi connectivity index (χ1v) is 10.4. The molecule has 1 aromatic heterocycles. The number of ether oxygens (including phenoxy) is 2. The number of methoxy groups -OCH3 is 2. The number of anilines is 1. The van der Waals surface area contributed by atoms with Crippen LogP contribution in [0.4, 0.5) is 19.0 Å². The van der Waals surface area contributed by atoms with Crippen LogP contribution in [-0.2, 0) is 16.9 Å². The van der Waals surface area contributed by atoms with E-state index in [-0.39, 0.29) is 23.6 Å². The van der Waals surface area contributed by atoms with E-state index in [1.165, 1.54) is 26.4 Å². The number of nitrogens with zero attached hydrogens (tertiary/aromatic N) is 1. The molecule has 1 aliphatic heterocycles. The number of carbonyl (C=O) groups excluding carboxylic acids is 2. The molecule has 36 heavy (non-hydrogen) atoms. The molecule has 0 saturated heterocycles. The maximum absolute atomic E-state index is 14.6. The van der Waals surface area contributed by atoms with Gasteiger partial charge in [-0.15, -0.1) is 0 Å². The van der Waals surface area contributed by atoms with Crippen LogP contribution in [0.25, 0.3) is 0 Å². The largest absolute Gasteiger partial charge is 0.497 e. The molecule has 3 aromatic rings. The Kier molecular flexibility index (Phi) is 6.08. The van der Waals surface area contributed by atoms with Gasteiger partial charge in [0.1, 0.15) is 22.9 Å². The van der Waals surface area contributed by atoms with Gasteiger partial charge in [-0.2, -0.15) is 13.2 Å². The van der Waals surface area contributed by atoms with E-state index in [0.717, 1.165) is 10.6 Å². The van der Waals surface area contributed by atoms with Crippen LogP contribution >= 0.6 is 0 Å². The summed E-state index contributed by atoms with van der Waals surface area (Å²) in [6, 6.07) is 11.9. The fraction of sp³-hybridized carbons (Fsp3) is 0.217. The van der Waals surface area contributed by atoms with Gasteiger partial charge in [0, 0.05) is 6.07 Å². The van der Waals surface area contributed by atoms with Gasteiger partial charge in [-0.05, 0) is 17.7 Å². The number of fused-ring (bicyclic) bond motifs is 1. The lowest BCUT2D eigenvalue weighted by Crippen LogP contribution is -2.62. The predicted molar refractivity (Wildman–Crippen MR) is 120 cm³/mol. The number of H-pyrrole nitrogens is 1. The third-order valence-electron chi connectivity index (χ3n) is 5.71. The minimum atomic E-state index is -5.47. The molecular formula is C23H19F3N4O6. The number of aromatic amines is 1. The molecule has 0 aliphatic carbocycles. The molecule has 0 spiro atoms. The number of hydrogen-bond acceptors (Lipinski definition) is 6. The third kappa shape index (κ3) is 3.87. The minimum Gasteiger partial charge on any atom is -0.497 e. The Labute approximate surface area is 200 Å². The third-order valence-corrected chi connectivity index (χ3v) is 5.71. The molecule has 1 atom stereocenters. The van der Waals surface area contributed by atoms with Gasteiger partial charge in [0.2, 0.25) is 0 Å². The first-order valence-electron chi connectivity index (χ1n) is 10.4. The van der Waals surface area contributed by atoms with Crippen molar-refractivity contribution in [3.63, 3.8) is 0 Å². The number of amides is 2. The number of hydrogen-bond donors (Lipinski definition) is 3. The van der Waals surface area contributed by atoms with Gasteiger partial charge in [-0.25, -0.2) is 4.79 Å². The molecule has 2 amide bonds. The Hall–Kier alpha value is -4.55. The highest BCUT2D eigenvalue weighted by Crippen LogP contribution is 2.45. The average molecular weight is 504 g/mol. The molecule has 10 nitrogen and oxygen atoms in total. The lowest BCUT2D eigenvalue weighted by molar-refractivity contribution is -0.196. The number of alkyl halides is 3. The van der Waals surface area contributed by atoms with Gasteiger partial charge in [0.25, 0.3) is 22.9 Å². The van der Waals surface area contributed by atoms with Crippen molar-refractivity contribution in [1.82, 2.24) is 14.9 Å². The molecule has 4 rings (SSSR count). The summed E-state index contributed by atoms with van der Waals surface area (Å²) < 4.78 is 54.7. The quantitative estimate of drug-likeness (QED) is 0.469. The van der Waals surface area contributed by atoms with E-state index in [2.05, 4.69) is 0 Å². The van der Waals surface area contributed by atoms with Crippen LogP contribution < -0.4 is 31.4 Å². The predicted octanol–water partition coefficient (Wildman–Crippen LogP) is 1.74. The van der Waals surface area contributed by atoms with Crippen LogP contribution in [0.5, 0.6) is 11.5 Å². The second-order valence-electron chi connectivity index (χ2n) is 7.78. The molecule has 3 N–H and O–H groups in total. The van der Waals surface area contributed by atoms with E-state index in [9.17, 15) is 32.3 Å². The van der Waals surface area contributed by atoms with Crippen LogP contribution in [0, 0.1) is 0 Å². The molecule has 188 valence electrons. The summed E-state index contributed by atoms with van der Waals surface area (Å²) >= 11 is 0. The van der Waals surface area contributed by atoms with Crippen LogP contribution in [0.15, 0.2) is 58.1 Å². The molecule has 1 aliphatic rings. The topological polar surface area (TPSA) is 132 Å². The number of rotatable bonds is 6. The van der Waals surface area contributed by atoms with E-state index in [0.29, 0.717) is 5.56 Å². The second kappa shape index (κ2) is 8.91. The summed E-state index contributed by atoms with van der Waals surface area (Å²) in [7, 11) is 2.53. The van der Waals surface area contributed by atoms with Crippen LogP contribution in [-0.4, -0.2) is 41.8 Å². The molecule has 0 fully saturated rings.